The van der Waals surface area contributed by atoms with Crippen LogP contribution in [-0.2, 0) is 0 Å². The molecule has 1 rings (SSSR count). The predicted molar refractivity (Wildman–Crippen MR) is 88.2 cm³/mol. The maximum Gasteiger partial charge on any atom is 0.0981 e. The van der Waals surface area contributed by atoms with E-state index in [4.69, 9.17) is 5.73 Å². The van der Waals surface area contributed by atoms with Crippen molar-refractivity contribution >= 4 is 0 Å². The van der Waals surface area contributed by atoms with Crippen molar-refractivity contribution in [3.05, 3.63) is 24.6 Å². The minimum Gasteiger partial charge on any atom is -0.370 e. The molecule has 0 spiro atoms. The van der Waals surface area contributed by atoms with Crippen LogP contribution in [0, 0.1) is 0 Å². The molecule has 3 nitrogen and oxygen atoms in total. The van der Waals surface area contributed by atoms with Crippen molar-refractivity contribution < 1.29 is 0 Å². The van der Waals surface area contributed by atoms with Crippen molar-refractivity contribution in [1.82, 2.24) is 10.2 Å². The molecular weight excluding hydrogens is 246 g/mol. The van der Waals surface area contributed by atoms with Gasteiger partial charge in [-0.2, -0.15) is 0 Å². The van der Waals surface area contributed by atoms with Crippen molar-refractivity contribution in [1.29, 1.82) is 0 Å². The predicted octanol–water partition coefficient (Wildman–Crippen LogP) is 3.73. The number of allylic oxidation sites excluding steroid dienone is 2. The van der Waals surface area contributed by atoms with E-state index in [1.54, 1.807) is 0 Å². The quantitative estimate of drug-likeness (QED) is 0.422. The van der Waals surface area contributed by atoms with Crippen LogP contribution >= 0.6 is 0 Å². The Hall–Kier alpha value is -0.960. The van der Waals surface area contributed by atoms with Gasteiger partial charge in [-0.05, 0) is 32.6 Å². The lowest BCUT2D eigenvalue weighted by atomic mass is 10.1. The summed E-state index contributed by atoms with van der Waals surface area (Å²) in [7, 11) is 0. The fourth-order valence-corrected chi connectivity index (χ4v) is 2.73. The Balaban J connectivity index is 1.87. The van der Waals surface area contributed by atoms with E-state index in [2.05, 4.69) is 35.5 Å². The maximum absolute atomic E-state index is 5.62. The third-order valence-corrected chi connectivity index (χ3v) is 3.93. The van der Waals surface area contributed by atoms with Gasteiger partial charge in [0.1, 0.15) is 0 Å². The van der Waals surface area contributed by atoms with Gasteiger partial charge in [0.15, 0.2) is 0 Å². The van der Waals surface area contributed by atoms with Crippen molar-refractivity contribution in [3.8, 4) is 0 Å². The average molecular weight is 279 g/mol. The summed E-state index contributed by atoms with van der Waals surface area (Å²) >= 11 is 0. The van der Waals surface area contributed by atoms with Crippen LogP contribution in [0.3, 0.4) is 0 Å². The summed E-state index contributed by atoms with van der Waals surface area (Å²) in [5.41, 5.74) is 5.62. The highest BCUT2D eigenvalue weighted by molar-refractivity contribution is 4.94. The molecule has 0 radical (unpaired) electrons. The topological polar surface area (TPSA) is 41.3 Å². The van der Waals surface area contributed by atoms with Gasteiger partial charge in [-0.3, -0.25) is 0 Å². The molecule has 1 heterocycles. The van der Waals surface area contributed by atoms with Gasteiger partial charge in [-0.25, -0.2) is 0 Å². The summed E-state index contributed by atoms with van der Waals surface area (Å²) in [5, 5.41) is 3.41. The van der Waals surface area contributed by atoms with E-state index in [1.807, 2.05) is 6.20 Å². The van der Waals surface area contributed by atoms with Gasteiger partial charge in [0.25, 0.3) is 0 Å². The number of nitrogens with two attached hydrogens (primary N) is 1. The largest absolute Gasteiger partial charge is 0.370 e. The van der Waals surface area contributed by atoms with Gasteiger partial charge in [0.2, 0.25) is 0 Å². The van der Waals surface area contributed by atoms with E-state index < -0.39 is 0 Å². The molecule has 116 valence electrons. The van der Waals surface area contributed by atoms with Gasteiger partial charge in [-0.15, -0.1) is 0 Å². The number of hydrogen-bond donors (Lipinski definition) is 2. The molecular formula is C17H33N3. The second-order valence-electron chi connectivity index (χ2n) is 5.65. The fourth-order valence-electron chi connectivity index (χ4n) is 2.73. The first-order valence-electron chi connectivity index (χ1n) is 8.38. The number of nitrogens with zero attached hydrogens (tertiary/aromatic N) is 1. The number of rotatable bonds is 12. The summed E-state index contributed by atoms with van der Waals surface area (Å²) < 4.78 is 0. The molecule has 0 amide bonds. The second-order valence-corrected chi connectivity index (χ2v) is 5.65. The van der Waals surface area contributed by atoms with Gasteiger partial charge in [-0.1, -0.05) is 44.3 Å². The first-order chi connectivity index (χ1) is 9.88. The van der Waals surface area contributed by atoms with E-state index in [-0.39, 0.29) is 0 Å². The lowest BCUT2D eigenvalue weighted by Gasteiger charge is -2.25. The monoisotopic (exact) mass is 279 g/mol. The lowest BCUT2D eigenvalue weighted by Crippen LogP contribution is -2.37. The molecule has 20 heavy (non-hydrogen) atoms. The minimum absolute atomic E-state index is 0.486. The molecule has 0 aromatic rings. The van der Waals surface area contributed by atoms with E-state index in [1.165, 1.54) is 57.8 Å². The van der Waals surface area contributed by atoms with Crippen LogP contribution in [0.5, 0.6) is 0 Å². The van der Waals surface area contributed by atoms with Crippen LogP contribution in [0.15, 0.2) is 24.6 Å². The zero-order valence-electron chi connectivity index (χ0n) is 13.2. The van der Waals surface area contributed by atoms with Crippen LogP contribution in [0.25, 0.3) is 0 Å². The standard InChI is InChI=1S/C17H33N3/c1-2-3-4-5-6-7-8-9-10-11-12-17-19-14-16-20(17)15-13-18/h2-3,14,16-17,19H,4-13,15,18H2,1H3/b3-2+. The van der Waals surface area contributed by atoms with Crippen LogP contribution in [-0.4, -0.2) is 24.2 Å². The third kappa shape index (κ3) is 7.59. The fraction of sp³-hybridized carbons (Fsp3) is 0.765. The summed E-state index contributed by atoms with van der Waals surface area (Å²) in [5.74, 6) is 0. The molecule has 0 aliphatic carbocycles. The molecule has 0 aromatic carbocycles. The molecule has 0 fully saturated rings. The first-order valence-corrected chi connectivity index (χ1v) is 8.38. The van der Waals surface area contributed by atoms with E-state index in [9.17, 15) is 0 Å². The molecule has 1 atom stereocenters. The zero-order chi connectivity index (χ0) is 14.5. The van der Waals surface area contributed by atoms with Crippen LogP contribution in [0.1, 0.15) is 64.7 Å². The molecule has 0 bridgehead atoms. The molecule has 1 unspecified atom stereocenters. The Morgan fingerprint density at radius 3 is 2.50 bits per heavy atom. The smallest absolute Gasteiger partial charge is 0.0981 e. The molecule has 0 saturated carbocycles. The third-order valence-electron chi connectivity index (χ3n) is 3.93. The molecule has 3 heteroatoms. The second kappa shape index (κ2) is 11.8. The highest BCUT2D eigenvalue weighted by Crippen LogP contribution is 2.14. The van der Waals surface area contributed by atoms with Crippen LogP contribution < -0.4 is 11.1 Å². The summed E-state index contributed by atoms with van der Waals surface area (Å²) in [6.07, 6.45) is 21.2. The van der Waals surface area contributed by atoms with E-state index >= 15 is 0 Å². The Labute approximate surface area is 125 Å². The lowest BCUT2D eigenvalue weighted by molar-refractivity contribution is 0.264. The van der Waals surface area contributed by atoms with Gasteiger partial charge < -0.3 is 16.0 Å². The highest BCUT2D eigenvalue weighted by Gasteiger charge is 2.16. The molecule has 1 aliphatic rings. The van der Waals surface area contributed by atoms with Crippen molar-refractivity contribution in [2.45, 2.75) is 70.9 Å². The van der Waals surface area contributed by atoms with Crippen LogP contribution in [0.2, 0.25) is 0 Å². The SMILES string of the molecule is C/C=C/CCCCCCCCCC1NC=CN1CCN. The maximum atomic E-state index is 5.62. The Kier molecular flexibility index (Phi) is 10.1. The van der Waals surface area contributed by atoms with E-state index in [0.29, 0.717) is 6.17 Å². The van der Waals surface area contributed by atoms with E-state index in [0.717, 1.165) is 13.1 Å². The molecule has 0 saturated heterocycles. The average Bonchev–Trinajstić information content (AvgIpc) is 2.89. The minimum atomic E-state index is 0.486. The first kappa shape index (κ1) is 17.1. The Morgan fingerprint density at radius 1 is 1.10 bits per heavy atom. The highest BCUT2D eigenvalue weighted by atomic mass is 15.3. The van der Waals surface area contributed by atoms with Gasteiger partial charge in [0.05, 0.1) is 6.17 Å². The number of nitrogens with one attached hydrogen (secondary N) is 1. The summed E-state index contributed by atoms with van der Waals surface area (Å²) in [4.78, 5) is 2.32. The Bertz CT molecular complexity index is 273. The van der Waals surface area contributed by atoms with Gasteiger partial charge in [0, 0.05) is 25.5 Å². The van der Waals surface area contributed by atoms with Crippen molar-refractivity contribution in [3.63, 3.8) is 0 Å². The molecule has 3 N–H and O–H groups in total. The van der Waals surface area contributed by atoms with Gasteiger partial charge >= 0.3 is 0 Å². The summed E-state index contributed by atoms with van der Waals surface area (Å²) in [6.45, 7) is 3.79. The number of hydrogen-bond acceptors (Lipinski definition) is 3. The molecule has 1 aliphatic heterocycles. The normalized spacial score (nSPS) is 18.1. The van der Waals surface area contributed by atoms with Crippen molar-refractivity contribution in [2.75, 3.05) is 13.1 Å². The number of unbranched alkanes of at least 4 members (excludes halogenated alkanes) is 7. The zero-order valence-corrected chi connectivity index (χ0v) is 13.2. The Morgan fingerprint density at radius 2 is 1.80 bits per heavy atom. The van der Waals surface area contributed by atoms with Crippen LogP contribution in [0.4, 0.5) is 0 Å². The molecule has 0 aromatic heterocycles. The summed E-state index contributed by atoms with van der Waals surface area (Å²) in [6, 6.07) is 0. The van der Waals surface area contributed by atoms with Crippen molar-refractivity contribution in [2.24, 2.45) is 5.73 Å².